The van der Waals surface area contributed by atoms with E-state index < -0.39 is 0 Å². The molecule has 27 heavy (non-hydrogen) atoms. The summed E-state index contributed by atoms with van der Waals surface area (Å²) in [4.78, 5) is 27.9. The van der Waals surface area contributed by atoms with Crippen LogP contribution in [0.4, 0.5) is 11.6 Å². The maximum Gasteiger partial charge on any atom is 0.259 e. The summed E-state index contributed by atoms with van der Waals surface area (Å²) in [6.45, 7) is 3.26. The van der Waals surface area contributed by atoms with Crippen molar-refractivity contribution >= 4 is 17.5 Å². The molecule has 1 saturated carbocycles. The lowest BCUT2D eigenvalue weighted by Gasteiger charge is -2.39. The van der Waals surface area contributed by atoms with Crippen LogP contribution in [0.15, 0.2) is 23.1 Å². The number of nitrogens with zero attached hydrogens (tertiary/aromatic N) is 6. The molecule has 2 aromatic rings. The van der Waals surface area contributed by atoms with E-state index in [0.29, 0.717) is 23.4 Å². The summed E-state index contributed by atoms with van der Waals surface area (Å²) >= 11 is 0. The molecule has 0 aromatic carbocycles. The SMILES string of the molecule is Cc1oncc1C(=O)N1CCC(N(c2cc(N(C)C)ncn2)C2CC2)CC1. The standard InChI is InChI=1S/C19H26N6O2/c1-13-16(11-22-27-13)19(26)24-8-6-15(7-9-24)25(14-4-5-14)18-10-17(23(2)3)20-12-21-18/h10-12,14-15H,4-9H2,1-3H3. The van der Waals surface area contributed by atoms with Crippen LogP contribution < -0.4 is 9.80 Å². The fourth-order valence-electron chi connectivity index (χ4n) is 3.77. The van der Waals surface area contributed by atoms with Crippen molar-refractivity contribution < 1.29 is 9.32 Å². The van der Waals surface area contributed by atoms with E-state index in [9.17, 15) is 4.79 Å². The second kappa shape index (κ2) is 7.17. The smallest absolute Gasteiger partial charge is 0.259 e. The summed E-state index contributed by atoms with van der Waals surface area (Å²) in [5.74, 6) is 2.51. The van der Waals surface area contributed by atoms with E-state index in [4.69, 9.17) is 4.52 Å². The van der Waals surface area contributed by atoms with Crippen molar-refractivity contribution in [3.8, 4) is 0 Å². The van der Waals surface area contributed by atoms with Crippen molar-refractivity contribution in [3.63, 3.8) is 0 Å². The number of carbonyl (C=O) groups excluding carboxylic acids is 1. The Morgan fingerprint density at radius 3 is 2.37 bits per heavy atom. The average Bonchev–Trinajstić information content (AvgIpc) is 3.42. The maximum atomic E-state index is 12.7. The molecule has 0 atom stereocenters. The number of hydrogen-bond donors (Lipinski definition) is 0. The van der Waals surface area contributed by atoms with Gasteiger partial charge in [0.1, 0.15) is 29.3 Å². The number of carbonyl (C=O) groups is 1. The monoisotopic (exact) mass is 370 g/mol. The van der Waals surface area contributed by atoms with Crippen LogP contribution in [0.2, 0.25) is 0 Å². The highest BCUT2D eigenvalue weighted by molar-refractivity contribution is 5.94. The van der Waals surface area contributed by atoms with Crippen LogP contribution in [0.3, 0.4) is 0 Å². The van der Waals surface area contributed by atoms with Crippen molar-refractivity contribution in [2.45, 2.75) is 44.7 Å². The largest absolute Gasteiger partial charge is 0.363 e. The molecule has 0 radical (unpaired) electrons. The van der Waals surface area contributed by atoms with Crippen molar-refractivity contribution in [1.82, 2.24) is 20.0 Å². The number of hydrogen-bond acceptors (Lipinski definition) is 7. The molecule has 2 aliphatic rings. The molecule has 0 spiro atoms. The number of aromatic nitrogens is 3. The molecule has 0 N–H and O–H groups in total. The lowest BCUT2D eigenvalue weighted by molar-refractivity contribution is 0.0710. The fourth-order valence-corrected chi connectivity index (χ4v) is 3.77. The van der Waals surface area contributed by atoms with Crippen LogP contribution in [0.25, 0.3) is 0 Å². The Labute approximate surface area is 159 Å². The van der Waals surface area contributed by atoms with Gasteiger partial charge in [0, 0.05) is 45.3 Å². The molecule has 8 heteroatoms. The van der Waals surface area contributed by atoms with Crippen LogP contribution in [0.1, 0.15) is 41.8 Å². The van der Waals surface area contributed by atoms with Gasteiger partial charge in [-0.25, -0.2) is 9.97 Å². The normalized spacial score (nSPS) is 17.8. The third-order valence-electron chi connectivity index (χ3n) is 5.43. The first-order valence-electron chi connectivity index (χ1n) is 9.53. The third-order valence-corrected chi connectivity index (χ3v) is 5.43. The van der Waals surface area contributed by atoms with Crippen LogP contribution in [-0.2, 0) is 0 Å². The van der Waals surface area contributed by atoms with Gasteiger partial charge >= 0.3 is 0 Å². The number of aryl methyl sites for hydroxylation is 1. The van der Waals surface area contributed by atoms with E-state index in [-0.39, 0.29) is 5.91 Å². The number of likely N-dealkylation sites (tertiary alicyclic amines) is 1. The Bertz CT molecular complexity index is 808. The van der Waals surface area contributed by atoms with Crippen LogP contribution in [-0.4, -0.2) is 65.2 Å². The third kappa shape index (κ3) is 3.61. The second-order valence-electron chi connectivity index (χ2n) is 7.59. The summed E-state index contributed by atoms with van der Waals surface area (Å²) in [6.07, 6.45) is 7.46. The minimum atomic E-state index is 0.0158. The molecule has 2 fully saturated rings. The lowest BCUT2D eigenvalue weighted by Crippen LogP contribution is -2.48. The van der Waals surface area contributed by atoms with Gasteiger partial charge in [0.05, 0.1) is 6.20 Å². The van der Waals surface area contributed by atoms with E-state index in [1.807, 2.05) is 23.9 Å². The Hall–Kier alpha value is -2.64. The van der Waals surface area contributed by atoms with Gasteiger partial charge in [0.2, 0.25) is 0 Å². The van der Waals surface area contributed by atoms with Crippen molar-refractivity contribution in [1.29, 1.82) is 0 Å². The zero-order chi connectivity index (χ0) is 19.0. The Morgan fingerprint density at radius 2 is 1.78 bits per heavy atom. The first-order chi connectivity index (χ1) is 13.0. The number of anilines is 2. The average molecular weight is 370 g/mol. The van der Waals surface area contributed by atoms with E-state index in [0.717, 1.165) is 37.6 Å². The molecule has 2 aromatic heterocycles. The summed E-state index contributed by atoms with van der Waals surface area (Å²) in [5, 5.41) is 3.73. The minimum absolute atomic E-state index is 0.0158. The van der Waals surface area contributed by atoms with E-state index >= 15 is 0 Å². The topological polar surface area (TPSA) is 78.6 Å². The van der Waals surface area contributed by atoms with Gasteiger partial charge in [-0.1, -0.05) is 5.16 Å². The molecule has 0 unspecified atom stereocenters. The van der Waals surface area contributed by atoms with Crippen LogP contribution in [0, 0.1) is 6.92 Å². The van der Waals surface area contributed by atoms with Crippen molar-refractivity contribution in [2.24, 2.45) is 0 Å². The molecule has 1 amide bonds. The molecule has 1 aliphatic carbocycles. The Kier molecular flexibility index (Phi) is 4.72. The van der Waals surface area contributed by atoms with Crippen LogP contribution >= 0.6 is 0 Å². The fraction of sp³-hybridized carbons (Fsp3) is 0.579. The van der Waals surface area contributed by atoms with Gasteiger partial charge in [-0.05, 0) is 32.6 Å². The summed E-state index contributed by atoms with van der Waals surface area (Å²) in [5.41, 5.74) is 0.568. The number of piperidine rings is 1. The molecule has 1 saturated heterocycles. The van der Waals surface area contributed by atoms with Gasteiger partial charge in [0.25, 0.3) is 5.91 Å². The molecule has 3 heterocycles. The molecule has 0 bridgehead atoms. The van der Waals surface area contributed by atoms with Crippen molar-refractivity contribution in [2.75, 3.05) is 37.0 Å². The highest BCUT2D eigenvalue weighted by atomic mass is 16.5. The van der Waals surface area contributed by atoms with Gasteiger partial charge in [-0.15, -0.1) is 0 Å². The molecule has 1 aliphatic heterocycles. The quantitative estimate of drug-likeness (QED) is 0.797. The summed E-state index contributed by atoms with van der Waals surface area (Å²) in [6, 6.07) is 3.02. The first-order valence-corrected chi connectivity index (χ1v) is 9.53. The van der Waals surface area contributed by atoms with Crippen LogP contribution in [0.5, 0.6) is 0 Å². The van der Waals surface area contributed by atoms with Gasteiger partial charge < -0.3 is 19.2 Å². The predicted molar refractivity (Wildman–Crippen MR) is 102 cm³/mol. The van der Waals surface area contributed by atoms with Gasteiger partial charge in [-0.2, -0.15) is 0 Å². The zero-order valence-electron chi connectivity index (χ0n) is 16.1. The molecule has 8 nitrogen and oxygen atoms in total. The zero-order valence-corrected chi connectivity index (χ0v) is 16.1. The van der Waals surface area contributed by atoms with Gasteiger partial charge in [-0.3, -0.25) is 4.79 Å². The molecule has 4 rings (SSSR count). The van der Waals surface area contributed by atoms with Gasteiger partial charge in [0.15, 0.2) is 0 Å². The molecular weight excluding hydrogens is 344 g/mol. The summed E-state index contributed by atoms with van der Waals surface area (Å²) in [7, 11) is 3.98. The Morgan fingerprint density at radius 1 is 1.11 bits per heavy atom. The maximum absolute atomic E-state index is 12.7. The highest BCUT2D eigenvalue weighted by Gasteiger charge is 2.37. The first kappa shape index (κ1) is 17.8. The summed E-state index contributed by atoms with van der Waals surface area (Å²) < 4.78 is 5.04. The second-order valence-corrected chi connectivity index (χ2v) is 7.59. The lowest BCUT2D eigenvalue weighted by atomic mass is 10.0. The minimum Gasteiger partial charge on any atom is -0.363 e. The van der Waals surface area contributed by atoms with E-state index in [1.165, 1.54) is 19.0 Å². The highest BCUT2D eigenvalue weighted by Crippen LogP contribution is 2.36. The Balaban J connectivity index is 1.46. The number of amides is 1. The van der Waals surface area contributed by atoms with Crippen molar-refractivity contribution in [3.05, 3.63) is 29.9 Å². The molecular formula is C19H26N6O2. The van der Waals surface area contributed by atoms with E-state index in [2.05, 4.69) is 26.1 Å². The predicted octanol–water partition coefficient (Wildman–Crippen LogP) is 2.11. The number of rotatable bonds is 5. The van der Waals surface area contributed by atoms with E-state index in [1.54, 1.807) is 13.3 Å². The molecule has 144 valence electrons.